The lowest BCUT2D eigenvalue weighted by Crippen LogP contribution is -1.96. The first-order valence-electron chi connectivity index (χ1n) is 5.60. The standard InChI is InChI=1S/C7H8O3S.C5H13P/c1-6-2-4-7(5-3-6)11(8,9)10;1-3-4-5-6-2/h2-5H,1H3,(H,8,9,10);6H,3-5H2,1-2H3. The Balaban J connectivity index is 0.000000366. The molecule has 3 nitrogen and oxygen atoms in total. The van der Waals surface area contributed by atoms with Crippen LogP contribution < -0.4 is 0 Å². The van der Waals surface area contributed by atoms with E-state index in [1.54, 1.807) is 12.1 Å². The van der Waals surface area contributed by atoms with Gasteiger partial charge in [0.25, 0.3) is 10.1 Å². The lowest BCUT2D eigenvalue weighted by Gasteiger charge is -1.95. The molecule has 1 aromatic rings. The number of hydrogen-bond donors (Lipinski definition) is 1. The van der Waals surface area contributed by atoms with Crippen molar-refractivity contribution in [3.63, 3.8) is 0 Å². The minimum Gasteiger partial charge on any atom is -0.282 e. The number of rotatable bonds is 4. The zero-order valence-electron chi connectivity index (χ0n) is 10.6. The molecule has 0 fully saturated rings. The first-order valence-corrected chi connectivity index (χ1v) is 8.75. The normalized spacial score (nSPS) is 11.3. The lowest BCUT2D eigenvalue weighted by molar-refractivity contribution is 0.483. The van der Waals surface area contributed by atoms with E-state index < -0.39 is 10.1 Å². The third-order valence-electron chi connectivity index (χ3n) is 2.10. The summed E-state index contributed by atoms with van der Waals surface area (Å²) in [5.41, 5.74) is 0.956. The van der Waals surface area contributed by atoms with Gasteiger partial charge in [-0.2, -0.15) is 8.42 Å². The van der Waals surface area contributed by atoms with Crippen LogP contribution in [0, 0.1) is 6.92 Å². The molecule has 0 saturated heterocycles. The van der Waals surface area contributed by atoms with E-state index in [2.05, 4.69) is 13.6 Å². The van der Waals surface area contributed by atoms with Gasteiger partial charge < -0.3 is 0 Å². The van der Waals surface area contributed by atoms with Crippen molar-refractivity contribution in [1.82, 2.24) is 0 Å². The highest BCUT2D eigenvalue weighted by atomic mass is 32.2. The highest BCUT2D eigenvalue weighted by Crippen LogP contribution is 2.08. The second-order valence-corrected chi connectivity index (χ2v) is 6.37. The first kappa shape index (κ1) is 16.6. The molecule has 1 N–H and O–H groups in total. The number of benzene rings is 1. The Bertz CT molecular complexity index is 394. The van der Waals surface area contributed by atoms with E-state index in [1.807, 2.05) is 6.92 Å². The first-order chi connectivity index (χ1) is 7.91. The Morgan fingerprint density at radius 2 is 1.76 bits per heavy atom. The summed E-state index contributed by atoms with van der Waals surface area (Å²) in [4.78, 5) is -0.0666. The maximum atomic E-state index is 10.5. The molecule has 0 radical (unpaired) electrons. The van der Waals surface area contributed by atoms with Gasteiger partial charge >= 0.3 is 0 Å². The quantitative estimate of drug-likeness (QED) is 0.521. The second-order valence-electron chi connectivity index (χ2n) is 3.75. The van der Waals surface area contributed by atoms with E-state index in [-0.39, 0.29) is 4.90 Å². The van der Waals surface area contributed by atoms with Crippen LogP contribution in [0.2, 0.25) is 0 Å². The monoisotopic (exact) mass is 276 g/mol. The molecule has 0 heterocycles. The Morgan fingerprint density at radius 3 is 2.06 bits per heavy atom. The Labute approximate surface area is 106 Å². The number of unbranched alkanes of at least 4 members (excludes halogenated alkanes) is 1. The fourth-order valence-corrected chi connectivity index (χ4v) is 2.25. The maximum Gasteiger partial charge on any atom is 0.294 e. The molecule has 0 amide bonds. The van der Waals surface area contributed by atoms with E-state index in [4.69, 9.17) is 4.55 Å². The van der Waals surface area contributed by atoms with Crippen LogP contribution in [0.5, 0.6) is 0 Å². The number of hydrogen-bond acceptors (Lipinski definition) is 2. The van der Waals surface area contributed by atoms with Crippen LogP contribution in [0.15, 0.2) is 29.2 Å². The van der Waals surface area contributed by atoms with Gasteiger partial charge in [0.15, 0.2) is 0 Å². The molecule has 0 bridgehead atoms. The van der Waals surface area contributed by atoms with E-state index in [0.29, 0.717) is 0 Å². The third-order valence-corrected chi connectivity index (χ3v) is 3.82. The molecule has 0 saturated carbocycles. The van der Waals surface area contributed by atoms with Crippen molar-refractivity contribution < 1.29 is 13.0 Å². The molecule has 1 unspecified atom stereocenters. The molecule has 5 heteroatoms. The summed E-state index contributed by atoms with van der Waals surface area (Å²) >= 11 is 0. The van der Waals surface area contributed by atoms with Crippen molar-refractivity contribution in [2.24, 2.45) is 0 Å². The van der Waals surface area contributed by atoms with E-state index in [0.717, 1.165) is 14.1 Å². The van der Waals surface area contributed by atoms with Crippen molar-refractivity contribution in [2.45, 2.75) is 31.6 Å². The van der Waals surface area contributed by atoms with Gasteiger partial charge in [0.2, 0.25) is 0 Å². The van der Waals surface area contributed by atoms with Gasteiger partial charge in [-0.3, -0.25) is 4.55 Å². The predicted octanol–water partition coefficient (Wildman–Crippen LogP) is 3.34. The summed E-state index contributed by atoms with van der Waals surface area (Å²) in [5, 5.41) is 0. The molecule has 17 heavy (non-hydrogen) atoms. The van der Waals surface area contributed by atoms with Crippen LogP contribution >= 0.6 is 8.58 Å². The van der Waals surface area contributed by atoms with Gasteiger partial charge in [-0.1, -0.05) is 31.0 Å². The van der Waals surface area contributed by atoms with Crippen LogP contribution in [0.3, 0.4) is 0 Å². The smallest absolute Gasteiger partial charge is 0.282 e. The van der Waals surface area contributed by atoms with Gasteiger partial charge in [-0.25, -0.2) is 0 Å². The fraction of sp³-hybridized carbons (Fsp3) is 0.500. The van der Waals surface area contributed by atoms with Gasteiger partial charge in [0, 0.05) is 0 Å². The van der Waals surface area contributed by atoms with E-state index in [9.17, 15) is 8.42 Å². The summed E-state index contributed by atoms with van der Waals surface area (Å²) in [5.74, 6) is 0. The molecule has 0 aliphatic carbocycles. The van der Waals surface area contributed by atoms with Gasteiger partial charge in [0.1, 0.15) is 0 Å². The zero-order valence-corrected chi connectivity index (χ0v) is 12.4. The van der Waals surface area contributed by atoms with Crippen LogP contribution in [-0.4, -0.2) is 25.8 Å². The summed E-state index contributed by atoms with van der Waals surface area (Å²) < 4.78 is 29.6. The topological polar surface area (TPSA) is 54.4 Å². The van der Waals surface area contributed by atoms with E-state index >= 15 is 0 Å². The molecular formula is C12H21O3PS. The molecule has 1 atom stereocenters. The average molecular weight is 276 g/mol. The molecule has 1 aromatic carbocycles. The molecule has 0 spiro atoms. The average Bonchev–Trinajstić information content (AvgIpc) is 2.26. The minimum atomic E-state index is -4.02. The molecule has 0 aliphatic rings. The maximum absolute atomic E-state index is 10.5. The van der Waals surface area contributed by atoms with E-state index in [1.165, 1.54) is 31.1 Å². The SMILES string of the molecule is CCCCPC.Cc1ccc(S(=O)(=O)O)cc1. The van der Waals surface area contributed by atoms with Crippen LogP contribution in [0.1, 0.15) is 25.3 Å². The predicted molar refractivity (Wildman–Crippen MR) is 75.0 cm³/mol. The molecule has 1 rings (SSSR count). The van der Waals surface area contributed by atoms with Crippen molar-refractivity contribution in [1.29, 1.82) is 0 Å². The van der Waals surface area contributed by atoms with Crippen molar-refractivity contribution in [3.8, 4) is 0 Å². The Kier molecular flexibility index (Phi) is 8.40. The van der Waals surface area contributed by atoms with Crippen molar-refractivity contribution in [3.05, 3.63) is 29.8 Å². The Hall–Kier alpha value is -0.440. The fourth-order valence-electron chi connectivity index (χ4n) is 1.06. The summed E-state index contributed by atoms with van der Waals surface area (Å²) in [6.45, 7) is 6.34. The van der Waals surface area contributed by atoms with Crippen LogP contribution in [0.4, 0.5) is 0 Å². The van der Waals surface area contributed by atoms with Crippen molar-refractivity contribution in [2.75, 3.05) is 12.8 Å². The number of aryl methyl sites for hydroxylation is 1. The Morgan fingerprint density at radius 1 is 1.24 bits per heavy atom. The van der Waals surface area contributed by atoms with Crippen LogP contribution in [0.25, 0.3) is 0 Å². The van der Waals surface area contributed by atoms with Gasteiger partial charge in [0.05, 0.1) is 4.90 Å². The van der Waals surface area contributed by atoms with Gasteiger partial charge in [-0.15, -0.1) is 8.58 Å². The van der Waals surface area contributed by atoms with Gasteiger partial charge in [-0.05, 0) is 38.3 Å². The molecule has 98 valence electrons. The molecule has 0 aliphatic heterocycles. The van der Waals surface area contributed by atoms with Crippen molar-refractivity contribution >= 4 is 18.7 Å². The summed E-state index contributed by atoms with van der Waals surface area (Å²) in [7, 11) is -2.85. The summed E-state index contributed by atoms with van der Waals surface area (Å²) in [6, 6.07) is 5.99. The summed E-state index contributed by atoms with van der Waals surface area (Å²) in [6.07, 6.45) is 4.23. The minimum absolute atomic E-state index is 0.0666. The second kappa shape index (κ2) is 8.62. The lowest BCUT2D eigenvalue weighted by atomic mass is 10.2. The highest BCUT2D eigenvalue weighted by Gasteiger charge is 2.06. The highest BCUT2D eigenvalue weighted by molar-refractivity contribution is 7.85. The zero-order chi connectivity index (χ0) is 13.3. The van der Waals surface area contributed by atoms with Crippen LogP contribution in [-0.2, 0) is 10.1 Å². The third kappa shape index (κ3) is 8.31. The molecular weight excluding hydrogens is 255 g/mol. The molecule has 0 aromatic heterocycles. The largest absolute Gasteiger partial charge is 0.294 e.